The maximum absolute atomic E-state index is 13.5. The highest BCUT2D eigenvalue weighted by molar-refractivity contribution is 5.88. The second-order valence-electron chi connectivity index (χ2n) is 10.3. The van der Waals surface area contributed by atoms with Crippen LogP contribution in [-0.2, 0) is 25.7 Å². The smallest absolute Gasteiger partial charge is 0.407 e. The predicted molar refractivity (Wildman–Crippen MR) is 146 cm³/mol. The largest absolute Gasteiger partial charge is 0.479 e. The van der Waals surface area contributed by atoms with Crippen LogP contribution in [0.3, 0.4) is 0 Å². The first kappa shape index (κ1) is 27.4. The van der Waals surface area contributed by atoms with Crippen molar-refractivity contribution >= 4 is 18.0 Å². The van der Waals surface area contributed by atoms with Crippen molar-refractivity contribution in [3.05, 3.63) is 95.6 Å². The first-order chi connectivity index (χ1) is 19.3. The zero-order valence-corrected chi connectivity index (χ0v) is 22.2. The lowest BCUT2D eigenvalue weighted by Crippen LogP contribution is -2.55. The number of alkyl carbamates (subject to hydrolysis) is 1. The van der Waals surface area contributed by atoms with Gasteiger partial charge in [-0.05, 0) is 34.7 Å². The number of aliphatic carboxylic acids is 1. The molecule has 9 nitrogen and oxygen atoms in total. The Kier molecular flexibility index (Phi) is 7.86. The number of β-amino-alcohol motifs (C(OH)–C–C–N with tert-alkyl or cyclic N) is 1. The van der Waals surface area contributed by atoms with Crippen molar-refractivity contribution in [2.75, 3.05) is 19.7 Å². The van der Waals surface area contributed by atoms with E-state index in [9.17, 15) is 24.6 Å². The Morgan fingerprint density at radius 2 is 1.57 bits per heavy atom. The van der Waals surface area contributed by atoms with E-state index in [1.54, 1.807) is 6.92 Å². The molecular formula is C31H32N2O7. The molecule has 1 saturated heterocycles. The zero-order valence-electron chi connectivity index (χ0n) is 22.2. The van der Waals surface area contributed by atoms with Crippen LogP contribution >= 0.6 is 0 Å². The first-order valence-electron chi connectivity index (χ1n) is 13.3. The molecule has 9 heteroatoms. The number of hydrogen-bond acceptors (Lipinski definition) is 6. The fraction of sp³-hybridized carbons (Fsp3) is 0.323. The Morgan fingerprint density at radius 1 is 0.975 bits per heavy atom. The van der Waals surface area contributed by atoms with Gasteiger partial charge in [0.15, 0.2) is 5.60 Å². The molecule has 1 aliphatic heterocycles. The lowest BCUT2D eigenvalue weighted by atomic mass is 9.98. The second-order valence-corrected chi connectivity index (χ2v) is 10.3. The number of nitrogens with one attached hydrogen (secondary N) is 1. The summed E-state index contributed by atoms with van der Waals surface area (Å²) in [6.45, 7) is 1.60. The number of ether oxygens (including phenoxy) is 2. The number of carboxylic acid groups (broad SMARTS) is 1. The van der Waals surface area contributed by atoms with Crippen LogP contribution < -0.4 is 5.32 Å². The van der Waals surface area contributed by atoms with E-state index < -0.39 is 35.7 Å². The van der Waals surface area contributed by atoms with Gasteiger partial charge in [-0.15, -0.1) is 0 Å². The van der Waals surface area contributed by atoms with Crippen molar-refractivity contribution in [2.45, 2.75) is 43.6 Å². The Balaban J connectivity index is 1.29. The summed E-state index contributed by atoms with van der Waals surface area (Å²) in [5.74, 6) is -2.09. The maximum atomic E-state index is 13.5. The van der Waals surface area contributed by atoms with E-state index in [1.807, 2.05) is 78.9 Å². The lowest BCUT2D eigenvalue weighted by Gasteiger charge is -2.29. The number of aliphatic hydroxyl groups is 1. The third-order valence-corrected chi connectivity index (χ3v) is 7.67. The highest BCUT2D eigenvalue weighted by Crippen LogP contribution is 2.44. The van der Waals surface area contributed by atoms with Crippen LogP contribution in [0.25, 0.3) is 11.1 Å². The first-order valence-corrected chi connectivity index (χ1v) is 13.3. The maximum Gasteiger partial charge on any atom is 0.407 e. The van der Waals surface area contributed by atoms with E-state index in [1.165, 1.54) is 4.90 Å². The van der Waals surface area contributed by atoms with E-state index in [-0.39, 0.29) is 38.6 Å². The van der Waals surface area contributed by atoms with Gasteiger partial charge in [0.25, 0.3) is 0 Å². The molecule has 0 saturated carbocycles. The Bertz CT molecular complexity index is 1350. The number of hydrogen-bond donors (Lipinski definition) is 3. The summed E-state index contributed by atoms with van der Waals surface area (Å²) in [7, 11) is 0. The molecule has 1 fully saturated rings. The molecule has 0 bridgehead atoms. The molecule has 3 aromatic rings. The van der Waals surface area contributed by atoms with Crippen LogP contribution in [0.5, 0.6) is 0 Å². The van der Waals surface area contributed by atoms with Gasteiger partial charge in [0.2, 0.25) is 5.91 Å². The monoisotopic (exact) mass is 544 g/mol. The zero-order chi connectivity index (χ0) is 28.3. The van der Waals surface area contributed by atoms with Crippen molar-refractivity contribution in [2.24, 2.45) is 0 Å². The fourth-order valence-corrected chi connectivity index (χ4v) is 5.40. The minimum absolute atomic E-state index is 0.0376. The molecule has 1 aliphatic carbocycles. The van der Waals surface area contributed by atoms with Gasteiger partial charge < -0.3 is 29.9 Å². The minimum Gasteiger partial charge on any atom is -0.479 e. The third-order valence-electron chi connectivity index (χ3n) is 7.67. The number of rotatable bonds is 9. The van der Waals surface area contributed by atoms with Crippen molar-refractivity contribution in [3.63, 3.8) is 0 Å². The fourth-order valence-electron chi connectivity index (χ4n) is 5.40. The predicted octanol–water partition coefficient (Wildman–Crippen LogP) is 3.55. The Morgan fingerprint density at radius 3 is 2.17 bits per heavy atom. The molecule has 40 heavy (non-hydrogen) atoms. The van der Waals surface area contributed by atoms with Crippen molar-refractivity contribution in [1.82, 2.24) is 10.2 Å². The average Bonchev–Trinajstić information content (AvgIpc) is 3.53. The number of fused-ring (bicyclic) bond motifs is 3. The average molecular weight is 545 g/mol. The number of amides is 2. The van der Waals surface area contributed by atoms with E-state index in [0.717, 1.165) is 27.8 Å². The van der Waals surface area contributed by atoms with Gasteiger partial charge in [0.1, 0.15) is 12.6 Å². The molecule has 0 aromatic heterocycles. The van der Waals surface area contributed by atoms with Gasteiger partial charge in [-0.3, -0.25) is 4.79 Å². The van der Waals surface area contributed by atoms with Crippen LogP contribution in [0.2, 0.25) is 0 Å². The van der Waals surface area contributed by atoms with Gasteiger partial charge in [-0.25, -0.2) is 9.59 Å². The molecule has 1 heterocycles. The van der Waals surface area contributed by atoms with Crippen LogP contribution in [0.1, 0.15) is 36.0 Å². The summed E-state index contributed by atoms with van der Waals surface area (Å²) in [5.41, 5.74) is 3.19. The van der Waals surface area contributed by atoms with Crippen molar-refractivity contribution in [1.29, 1.82) is 0 Å². The molecular weight excluding hydrogens is 512 g/mol. The highest BCUT2D eigenvalue weighted by atomic mass is 16.5. The molecule has 2 aliphatic rings. The Hall–Kier alpha value is -4.21. The third kappa shape index (κ3) is 5.57. The topological polar surface area (TPSA) is 125 Å². The molecule has 3 N–H and O–H groups in total. The SMILES string of the molecule is CC(OCc1ccccc1)C(NC(=O)OCC1c2ccccc2-c2ccccc21)C(=O)N1CCC(O)(C(=O)O)C1. The summed E-state index contributed by atoms with van der Waals surface area (Å²) in [4.78, 5) is 39.3. The molecule has 3 unspecified atom stereocenters. The molecule has 3 aromatic carbocycles. The van der Waals surface area contributed by atoms with E-state index in [4.69, 9.17) is 9.47 Å². The summed E-state index contributed by atoms with van der Waals surface area (Å²) in [5, 5.41) is 22.4. The summed E-state index contributed by atoms with van der Waals surface area (Å²) in [6.07, 6.45) is -1.67. The highest BCUT2D eigenvalue weighted by Gasteiger charge is 2.46. The standard InChI is InChI=1S/C31H32N2O7/c1-20(39-17-21-9-3-2-4-10-21)27(28(34)33-16-15-31(38,19-33)29(35)36)32-30(37)40-18-26-24-13-7-5-11-22(24)23-12-6-8-14-25(23)26/h2-14,20,26-27,38H,15-19H2,1H3,(H,32,37)(H,35,36). The van der Waals surface area contributed by atoms with E-state index >= 15 is 0 Å². The minimum atomic E-state index is -2.03. The van der Waals surface area contributed by atoms with Crippen LogP contribution in [0.4, 0.5) is 4.79 Å². The number of carbonyl (C=O) groups is 3. The number of likely N-dealkylation sites (tertiary alicyclic amines) is 1. The summed E-state index contributed by atoms with van der Waals surface area (Å²) >= 11 is 0. The van der Waals surface area contributed by atoms with Gasteiger partial charge >= 0.3 is 12.1 Å². The molecule has 3 atom stereocenters. The Labute approximate surface area is 232 Å². The van der Waals surface area contributed by atoms with Gasteiger partial charge in [-0.1, -0.05) is 78.9 Å². The number of carboxylic acids is 1. The number of benzene rings is 3. The molecule has 0 spiro atoms. The van der Waals surface area contributed by atoms with Crippen molar-refractivity contribution < 1.29 is 34.1 Å². The van der Waals surface area contributed by atoms with Crippen molar-refractivity contribution in [3.8, 4) is 11.1 Å². The quantitative estimate of drug-likeness (QED) is 0.376. The van der Waals surface area contributed by atoms with Gasteiger partial charge in [0.05, 0.1) is 19.3 Å². The van der Waals surface area contributed by atoms with Gasteiger partial charge in [-0.2, -0.15) is 0 Å². The van der Waals surface area contributed by atoms with E-state index in [0.29, 0.717) is 0 Å². The van der Waals surface area contributed by atoms with Crippen LogP contribution in [0.15, 0.2) is 78.9 Å². The van der Waals surface area contributed by atoms with Gasteiger partial charge in [0, 0.05) is 18.9 Å². The molecule has 2 amide bonds. The van der Waals surface area contributed by atoms with E-state index in [2.05, 4.69) is 5.32 Å². The molecule has 208 valence electrons. The van der Waals surface area contributed by atoms with Crippen LogP contribution in [0, 0.1) is 0 Å². The number of carbonyl (C=O) groups excluding carboxylic acids is 2. The summed E-state index contributed by atoms with van der Waals surface area (Å²) < 4.78 is 11.6. The normalized spacial score (nSPS) is 19.4. The lowest BCUT2D eigenvalue weighted by molar-refractivity contribution is -0.157. The number of nitrogens with zero attached hydrogens (tertiary/aromatic N) is 1. The van der Waals surface area contributed by atoms with Crippen LogP contribution in [-0.4, -0.2) is 70.5 Å². The summed E-state index contributed by atoms with van der Waals surface area (Å²) in [6, 6.07) is 24.2. The second kappa shape index (κ2) is 11.5. The molecule has 5 rings (SSSR count). The molecule has 0 radical (unpaired) electrons.